The zero-order valence-electron chi connectivity index (χ0n) is 72.4. The zero-order valence-corrected chi connectivity index (χ0v) is 72.4. The summed E-state index contributed by atoms with van der Waals surface area (Å²) in [6.45, 7) is 2.17. The van der Waals surface area contributed by atoms with E-state index in [9.17, 15) is 0 Å². The number of benzene rings is 21. The first-order valence-corrected chi connectivity index (χ1v) is 45.3. The van der Waals surface area contributed by atoms with Crippen LogP contribution in [0.2, 0.25) is 0 Å². The SMILES string of the molecule is CCc1nc2ccccc2n1-c1ccc(-c2c3ccccc3c(-c3ccc(-c4ccccc4)cc3)c3ccccc23)cc1.c1ccc(-c2c3ccccc3c(-c3ccc4oc5ccccc5c4c3)c3ccccc23)cc1.c1ccc(-c2cccc(-c3cc(-c4cc(-n5c6ccccc6c6ccccc65)cc(-n5c6ccccc6c6ccccc65)c4)nc(-c4ccccc4)n3)c2)cc1. The molecule has 26 aromatic rings. The van der Waals surface area contributed by atoms with E-state index in [-0.39, 0.29) is 0 Å². The largest absolute Gasteiger partial charge is 0.456 e. The predicted octanol–water partition coefficient (Wildman–Crippen LogP) is 33.5. The van der Waals surface area contributed by atoms with Gasteiger partial charge in [0, 0.05) is 72.5 Å². The second kappa shape index (κ2) is 33.4. The highest BCUT2D eigenvalue weighted by atomic mass is 16.3. The van der Waals surface area contributed by atoms with Crippen molar-refractivity contribution in [3.05, 3.63) is 485 Å². The molecule has 26 rings (SSSR count). The fourth-order valence-electron chi connectivity index (χ4n) is 20.2. The number of hydrogen-bond acceptors (Lipinski definition) is 4. The van der Waals surface area contributed by atoms with Gasteiger partial charge < -0.3 is 13.6 Å². The van der Waals surface area contributed by atoms with Gasteiger partial charge in [0.1, 0.15) is 17.0 Å². The summed E-state index contributed by atoms with van der Waals surface area (Å²) in [6.07, 6.45) is 0.875. The summed E-state index contributed by atoms with van der Waals surface area (Å²) in [4.78, 5) is 15.5. The Hall–Kier alpha value is -17.4. The molecule has 0 radical (unpaired) electrons. The Morgan fingerprint density at radius 1 is 0.189 bits per heavy atom. The van der Waals surface area contributed by atoms with Crippen LogP contribution in [0.5, 0.6) is 0 Å². The van der Waals surface area contributed by atoms with Crippen LogP contribution in [-0.2, 0) is 6.42 Å². The molecule has 0 amide bonds. The summed E-state index contributed by atoms with van der Waals surface area (Å²) in [5.41, 5.74) is 31.4. The van der Waals surface area contributed by atoms with Gasteiger partial charge in [-0.1, -0.05) is 389 Å². The van der Waals surface area contributed by atoms with Crippen LogP contribution in [0.3, 0.4) is 0 Å². The topological polar surface area (TPSA) is 66.6 Å². The molecule has 0 spiro atoms. The third-order valence-electron chi connectivity index (χ3n) is 26.1. The number of para-hydroxylation sites is 7. The van der Waals surface area contributed by atoms with Crippen LogP contribution in [-0.4, -0.2) is 28.7 Å². The van der Waals surface area contributed by atoms with E-state index < -0.39 is 0 Å². The zero-order chi connectivity index (χ0) is 87.5. The van der Waals surface area contributed by atoms with Crippen molar-refractivity contribution in [1.82, 2.24) is 28.7 Å². The predicted molar refractivity (Wildman–Crippen MR) is 554 cm³/mol. The Balaban J connectivity index is 0.000000113. The second-order valence-electron chi connectivity index (χ2n) is 33.8. The van der Waals surface area contributed by atoms with E-state index >= 15 is 0 Å². The van der Waals surface area contributed by atoms with Crippen molar-refractivity contribution in [2.24, 2.45) is 0 Å². The summed E-state index contributed by atoms with van der Waals surface area (Å²) < 4.78 is 13.2. The number of aromatic nitrogens is 6. The molecular weight excluding hydrogens is 1600 g/mol. The normalized spacial score (nSPS) is 11.6. The highest BCUT2D eigenvalue weighted by Crippen LogP contribution is 2.49. The van der Waals surface area contributed by atoms with Crippen LogP contribution >= 0.6 is 0 Å². The number of fused-ring (bicyclic) bond motifs is 14. The van der Waals surface area contributed by atoms with Crippen molar-refractivity contribution in [2.75, 3.05) is 0 Å². The third kappa shape index (κ3) is 13.9. The Morgan fingerprint density at radius 3 is 0.985 bits per heavy atom. The highest BCUT2D eigenvalue weighted by molar-refractivity contribution is 6.24. The minimum atomic E-state index is 0.684. The first kappa shape index (κ1) is 78.1. The summed E-state index contributed by atoms with van der Waals surface area (Å²) in [6, 6.07) is 171. The lowest BCUT2D eigenvalue weighted by atomic mass is 9.85. The van der Waals surface area contributed by atoms with Crippen molar-refractivity contribution in [3.8, 4) is 118 Å². The molecule has 0 aliphatic carbocycles. The Morgan fingerprint density at radius 2 is 0.515 bits per heavy atom. The van der Waals surface area contributed by atoms with Gasteiger partial charge in [0.25, 0.3) is 0 Å². The van der Waals surface area contributed by atoms with E-state index in [1.165, 1.54) is 126 Å². The Labute approximate surface area is 763 Å². The molecular formula is C125H84N6O. The van der Waals surface area contributed by atoms with Crippen molar-refractivity contribution >= 4 is 120 Å². The number of nitrogens with zero attached hydrogens (tertiary/aromatic N) is 6. The average molecular weight is 1690 g/mol. The fourth-order valence-corrected chi connectivity index (χ4v) is 20.2. The third-order valence-corrected chi connectivity index (χ3v) is 26.1. The van der Waals surface area contributed by atoms with Crippen molar-refractivity contribution < 1.29 is 4.42 Å². The van der Waals surface area contributed by atoms with E-state index in [4.69, 9.17) is 19.4 Å². The molecule has 0 aliphatic rings. The van der Waals surface area contributed by atoms with Crippen LogP contribution in [0.25, 0.3) is 237 Å². The van der Waals surface area contributed by atoms with E-state index in [2.05, 4.69) is 470 Å². The molecule has 620 valence electrons. The molecule has 0 fully saturated rings. The summed E-state index contributed by atoms with van der Waals surface area (Å²) in [5.74, 6) is 1.76. The molecule has 0 N–H and O–H groups in total. The lowest BCUT2D eigenvalue weighted by Crippen LogP contribution is -2.01. The molecule has 5 aromatic heterocycles. The fraction of sp³-hybridized carbons (Fsp3) is 0.0160. The highest BCUT2D eigenvalue weighted by Gasteiger charge is 2.24. The van der Waals surface area contributed by atoms with Gasteiger partial charge >= 0.3 is 0 Å². The quantitative estimate of drug-likeness (QED) is 0.108. The van der Waals surface area contributed by atoms with Gasteiger partial charge in [0.15, 0.2) is 5.82 Å². The molecule has 132 heavy (non-hydrogen) atoms. The van der Waals surface area contributed by atoms with Gasteiger partial charge in [-0.05, 0) is 207 Å². The standard InChI is InChI=1S/C52H34N4.C41H30N2.C32H20O/c1-3-16-35(17-4-1)37-20-15-21-38(30-37)46-34-47(54-52(53-46)36-18-5-2-6-19-36)39-31-40(55-48-26-11-7-22-42(48)43-23-8-12-27-49(43)55)33-41(32-39)56-50-28-13-9-24-44(50)45-25-10-14-29-51(45)56;1-2-39-42-37-18-10-11-19-38(37)43(39)32-26-24-31(25-27-32)41-35-16-8-6-14-33(35)40(34-15-7-9-17-36(34)41)30-22-20-29(21-23-30)28-12-4-3-5-13-28;1-2-10-21(11-3-1)31-24-13-4-6-15-26(24)32(27-16-7-5-14-25(27)31)22-18-19-30-28(20-22)23-12-8-9-17-29(23)33-30/h1-34H;3-27H,2H2,1H3;1-20H. The first-order chi connectivity index (χ1) is 65.4. The minimum absolute atomic E-state index is 0.684. The van der Waals surface area contributed by atoms with Crippen molar-refractivity contribution in [3.63, 3.8) is 0 Å². The van der Waals surface area contributed by atoms with Gasteiger partial charge in [-0.2, -0.15) is 0 Å². The van der Waals surface area contributed by atoms with Crippen molar-refractivity contribution in [1.29, 1.82) is 0 Å². The van der Waals surface area contributed by atoms with Gasteiger partial charge in [0.2, 0.25) is 0 Å². The number of furan rings is 1. The van der Waals surface area contributed by atoms with Gasteiger partial charge in [0.05, 0.1) is 44.5 Å². The monoisotopic (exact) mass is 1680 g/mol. The van der Waals surface area contributed by atoms with Crippen LogP contribution < -0.4 is 0 Å². The molecule has 5 heterocycles. The first-order valence-electron chi connectivity index (χ1n) is 45.3. The molecule has 0 saturated carbocycles. The smallest absolute Gasteiger partial charge is 0.160 e. The van der Waals surface area contributed by atoms with E-state index in [0.717, 1.165) is 118 Å². The minimum Gasteiger partial charge on any atom is -0.456 e. The van der Waals surface area contributed by atoms with Crippen LogP contribution in [0.4, 0.5) is 0 Å². The second-order valence-corrected chi connectivity index (χ2v) is 33.8. The molecule has 0 atom stereocenters. The number of imidazole rings is 1. The molecule has 7 heteroatoms. The lowest BCUT2D eigenvalue weighted by molar-refractivity contribution is 0.669. The van der Waals surface area contributed by atoms with Crippen molar-refractivity contribution in [2.45, 2.75) is 13.3 Å². The van der Waals surface area contributed by atoms with E-state index in [1.807, 2.05) is 30.3 Å². The molecule has 7 nitrogen and oxygen atoms in total. The molecule has 0 saturated heterocycles. The number of aryl methyl sites for hydroxylation is 1. The number of rotatable bonds is 13. The van der Waals surface area contributed by atoms with Crippen LogP contribution in [0, 0.1) is 0 Å². The van der Waals surface area contributed by atoms with Gasteiger partial charge in [-0.25, -0.2) is 15.0 Å². The summed E-state index contributed by atoms with van der Waals surface area (Å²) in [5, 5.41) is 17.3. The van der Waals surface area contributed by atoms with Crippen LogP contribution in [0.15, 0.2) is 484 Å². The Kier molecular flexibility index (Phi) is 19.8. The molecule has 0 unspecified atom stereocenters. The van der Waals surface area contributed by atoms with Crippen LogP contribution in [0.1, 0.15) is 12.7 Å². The van der Waals surface area contributed by atoms with E-state index in [1.54, 1.807) is 0 Å². The molecule has 0 aliphatic heterocycles. The maximum absolute atomic E-state index is 6.10. The van der Waals surface area contributed by atoms with Gasteiger partial charge in [-0.15, -0.1) is 0 Å². The summed E-state index contributed by atoms with van der Waals surface area (Å²) in [7, 11) is 0. The molecule has 0 bridgehead atoms. The molecule has 21 aromatic carbocycles. The lowest BCUT2D eigenvalue weighted by Gasteiger charge is -2.18. The van der Waals surface area contributed by atoms with Gasteiger partial charge in [-0.3, -0.25) is 4.57 Å². The van der Waals surface area contributed by atoms with E-state index in [0.29, 0.717) is 5.82 Å². The Bertz CT molecular complexity index is 8560. The summed E-state index contributed by atoms with van der Waals surface area (Å²) >= 11 is 0. The number of hydrogen-bond donors (Lipinski definition) is 0. The maximum Gasteiger partial charge on any atom is 0.160 e. The maximum atomic E-state index is 6.10. The average Bonchev–Trinajstić information content (AvgIpc) is 1.37.